The number of rotatable bonds is 9. The minimum atomic E-state index is 0.185. The summed E-state index contributed by atoms with van der Waals surface area (Å²) in [6.07, 6.45) is 3.44. The average molecular weight is 351 g/mol. The molecule has 3 rings (SSSR count). The van der Waals surface area contributed by atoms with Gasteiger partial charge in [0.1, 0.15) is 11.4 Å². The van der Waals surface area contributed by atoms with Crippen molar-refractivity contribution in [3.63, 3.8) is 0 Å². The highest BCUT2D eigenvalue weighted by Gasteiger charge is 2.14. The quantitative estimate of drug-likeness (QED) is 0.620. The number of methoxy groups -OCH3 is 1. The smallest absolute Gasteiger partial charge is 0.144 e. The van der Waals surface area contributed by atoms with Crippen LogP contribution >= 0.6 is 0 Å². The van der Waals surface area contributed by atoms with Crippen molar-refractivity contribution in [2.75, 3.05) is 13.7 Å². The number of ether oxygens (including phenoxy) is 1. The van der Waals surface area contributed by atoms with E-state index in [4.69, 9.17) is 4.74 Å². The third-order valence-electron chi connectivity index (χ3n) is 4.42. The third-order valence-corrected chi connectivity index (χ3v) is 4.42. The van der Waals surface area contributed by atoms with Crippen molar-refractivity contribution in [2.45, 2.75) is 25.4 Å². The first kappa shape index (κ1) is 18.2. The van der Waals surface area contributed by atoms with Crippen molar-refractivity contribution < 1.29 is 9.84 Å². The predicted molar refractivity (Wildman–Crippen MR) is 102 cm³/mol. The van der Waals surface area contributed by atoms with Crippen LogP contribution in [0.25, 0.3) is 5.69 Å². The second kappa shape index (κ2) is 9.17. The molecule has 0 spiro atoms. The van der Waals surface area contributed by atoms with Crippen molar-refractivity contribution in [1.82, 2.24) is 15.1 Å². The molecule has 0 bridgehead atoms. The lowest BCUT2D eigenvalue weighted by molar-refractivity contribution is 0.274. The lowest BCUT2D eigenvalue weighted by Crippen LogP contribution is -2.23. The van der Waals surface area contributed by atoms with E-state index in [0.29, 0.717) is 6.54 Å². The summed E-state index contributed by atoms with van der Waals surface area (Å²) in [6, 6.07) is 20.4. The van der Waals surface area contributed by atoms with Crippen molar-refractivity contribution in [2.24, 2.45) is 0 Å². The van der Waals surface area contributed by atoms with Crippen molar-refractivity contribution >= 4 is 0 Å². The number of para-hydroxylation sites is 2. The van der Waals surface area contributed by atoms with Gasteiger partial charge in [-0.2, -0.15) is 5.10 Å². The molecule has 0 fully saturated rings. The number of hydrogen-bond donors (Lipinski definition) is 2. The van der Waals surface area contributed by atoms with Crippen LogP contribution in [0.15, 0.2) is 66.9 Å². The Morgan fingerprint density at radius 2 is 1.85 bits per heavy atom. The van der Waals surface area contributed by atoms with Crippen molar-refractivity contribution in [3.8, 4) is 11.4 Å². The Labute approximate surface area is 154 Å². The molecule has 0 aliphatic heterocycles. The Balaban J connectivity index is 1.77. The van der Waals surface area contributed by atoms with Gasteiger partial charge in [0.2, 0.25) is 0 Å². The maximum atomic E-state index is 9.21. The Morgan fingerprint density at radius 3 is 2.62 bits per heavy atom. The SMILES string of the molecule is COc1ccccc1-n1nccc1CNC(CCCO)c1ccccc1. The minimum Gasteiger partial charge on any atom is -0.494 e. The van der Waals surface area contributed by atoms with E-state index in [9.17, 15) is 5.11 Å². The fourth-order valence-electron chi connectivity index (χ4n) is 3.08. The van der Waals surface area contributed by atoms with Gasteiger partial charge in [0.25, 0.3) is 0 Å². The first-order chi connectivity index (χ1) is 12.8. The fourth-order valence-corrected chi connectivity index (χ4v) is 3.08. The molecule has 3 aromatic rings. The number of aliphatic hydroxyl groups is 1. The Kier molecular flexibility index (Phi) is 6.41. The summed E-state index contributed by atoms with van der Waals surface area (Å²) < 4.78 is 7.37. The topological polar surface area (TPSA) is 59.3 Å². The summed E-state index contributed by atoms with van der Waals surface area (Å²) in [7, 11) is 1.67. The first-order valence-corrected chi connectivity index (χ1v) is 8.89. The predicted octanol–water partition coefficient (Wildman–Crippen LogP) is 3.48. The summed E-state index contributed by atoms with van der Waals surface area (Å²) in [5.74, 6) is 0.789. The number of aromatic nitrogens is 2. The summed E-state index contributed by atoms with van der Waals surface area (Å²) in [6.45, 7) is 0.868. The summed E-state index contributed by atoms with van der Waals surface area (Å²) in [5.41, 5.74) is 3.20. The summed E-state index contributed by atoms with van der Waals surface area (Å²) >= 11 is 0. The molecule has 26 heavy (non-hydrogen) atoms. The Bertz CT molecular complexity index is 802. The van der Waals surface area contributed by atoms with Gasteiger partial charge >= 0.3 is 0 Å². The standard InChI is InChI=1S/C21H25N3O2/c1-26-21-12-6-5-11-20(21)24-18(13-14-23-24)16-22-19(10-7-15-25)17-8-3-2-4-9-17/h2-6,8-9,11-14,19,22,25H,7,10,15-16H2,1H3. The van der Waals surface area contributed by atoms with Crippen LogP contribution < -0.4 is 10.1 Å². The molecule has 0 aliphatic carbocycles. The molecule has 0 amide bonds. The number of nitrogens with zero attached hydrogens (tertiary/aromatic N) is 2. The molecule has 5 heteroatoms. The van der Waals surface area contributed by atoms with Crippen LogP contribution in [0.4, 0.5) is 0 Å². The highest BCUT2D eigenvalue weighted by atomic mass is 16.5. The summed E-state index contributed by atoms with van der Waals surface area (Å²) in [4.78, 5) is 0. The molecule has 0 aliphatic rings. The van der Waals surface area contributed by atoms with E-state index in [1.54, 1.807) is 13.3 Å². The van der Waals surface area contributed by atoms with Crippen LogP contribution in [0.1, 0.15) is 30.1 Å². The molecule has 2 N–H and O–H groups in total. The number of benzene rings is 2. The van der Waals surface area contributed by atoms with E-state index in [1.165, 1.54) is 5.56 Å². The van der Waals surface area contributed by atoms with Crippen LogP contribution in [-0.4, -0.2) is 28.6 Å². The lowest BCUT2D eigenvalue weighted by Gasteiger charge is -2.20. The highest BCUT2D eigenvalue weighted by molar-refractivity contribution is 5.46. The first-order valence-electron chi connectivity index (χ1n) is 8.89. The summed E-state index contributed by atoms with van der Waals surface area (Å²) in [5, 5.41) is 17.3. The monoisotopic (exact) mass is 351 g/mol. The molecular weight excluding hydrogens is 326 g/mol. The van der Waals surface area contributed by atoms with Gasteiger partial charge in [-0.25, -0.2) is 4.68 Å². The second-order valence-electron chi connectivity index (χ2n) is 6.12. The molecule has 2 aromatic carbocycles. The van der Waals surface area contributed by atoms with Crippen LogP contribution in [0.3, 0.4) is 0 Å². The van der Waals surface area contributed by atoms with E-state index in [2.05, 4.69) is 22.5 Å². The largest absolute Gasteiger partial charge is 0.494 e. The van der Waals surface area contributed by atoms with E-state index >= 15 is 0 Å². The zero-order chi connectivity index (χ0) is 18.2. The van der Waals surface area contributed by atoms with E-state index in [-0.39, 0.29) is 12.6 Å². The van der Waals surface area contributed by atoms with Crippen LogP contribution in [0, 0.1) is 0 Å². The van der Waals surface area contributed by atoms with Crippen molar-refractivity contribution in [3.05, 3.63) is 78.1 Å². The number of nitrogens with one attached hydrogen (secondary N) is 1. The number of hydrogen-bond acceptors (Lipinski definition) is 4. The number of aliphatic hydroxyl groups excluding tert-OH is 1. The molecule has 1 atom stereocenters. The van der Waals surface area contributed by atoms with Gasteiger partial charge in [0.15, 0.2) is 0 Å². The molecule has 0 saturated carbocycles. The molecule has 1 unspecified atom stereocenters. The van der Waals surface area contributed by atoms with E-state index in [1.807, 2.05) is 53.2 Å². The normalized spacial score (nSPS) is 12.1. The minimum absolute atomic E-state index is 0.185. The van der Waals surface area contributed by atoms with Gasteiger partial charge in [-0.15, -0.1) is 0 Å². The molecule has 136 valence electrons. The maximum Gasteiger partial charge on any atom is 0.144 e. The average Bonchev–Trinajstić information content (AvgIpc) is 3.17. The zero-order valence-corrected chi connectivity index (χ0v) is 15.0. The van der Waals surface area contributed by atoms with Gasteiger partial charge in [-0.1, -0.05) is 42.5 Å². The molecule has 0 saturated heterocycles. The van der Waals surface area contributed by atoms with Crippen molar-refractivity contribution in [1.29, 1.82) is 0 Å². The molecular formula is C21H25N3O2. The van der Waals surface area contributed by atoms with Crippen LogP contribution in [-0.2, 0) is 6.54 Å². The third kappa shape index (κ3) is 4.31. The van der Waals surface area contributed by atoms with Gasteiger partial charge in [-0.05, 0) is 36.6 Å². The van der Waals surface area contributed by atoms with Gasteiger partial charge in [0, 0.05) is 25.4 Å². The van der Waals surface area contributed by atoms with E-state index in [0.717, 1.165) is 30.0 Å². The van der Waals surface area contributed by atoms with Crippen LogP contribution in [0.5, 0.6) is 5.75 Å². The second-order valence-corrected chi connectivity index (χ2v) is 6.12. The Morgan fingerprint density at radius 1 is 1.08 bits per heavy atom. The van der Waals surface area contributed by atoms with Crippen LogP contribution in [0.2, 0.25) is 0 Å². The highest BCUT2D eigenvalue weighted by Crippen LogP contribution is 2.24. The molecule has 5 nitrogen and oxygen atoms in total. The van der Waals surface area contributed by atoms with E-state index < -0.39 is 0 Å². The molecule has 1 aromatic heterocycles. The maximum absolute atomic E-state index is 9.21. The Hall–Kier alpha value is -2.63. The van der Waals surface area contributed by atoms with Gasteiger partial charge in [0.05, 0.1) is 12.8 Å². The molecule has 1 heterocycles. The zero-order valence-electron chi connectivity index (χ0n) is 15.0. The molecule has 0 radical (unpaired) electrons. The van der Waals surface area contributed by atoms with Gasteiger partial charge in [-0.3, -0.25) is 0 Å². The fraction of sp³-hybridized carbons (Fsp3) is 0.286. The lowest BCUT2D eigenvalue weighted by atomic mass is 10.0. The van der Waals surface area contributed by atoms with Gasteiger partial charge < -0.3 is 15.2 Å².